The van der Waals surface area contributed by atoms with Crippen molar-refractivity contribution in [2.75, 3.05) is 6.61 Å². The summed E-state index contributed by atoms with van der Waals surface area (Å²) in [6.45, 7) is 1.71. The first-order valence-electron chi connectivity index (χ1n) is 2.69. The first-order chi connectivity index (χ1) is 4.50. The molecule has 0 unspecified atom stereocenters. The van der Waals surface area contributed by atoms with Crippen molar-refractivity contribution in [3.05, 3.63) is 0 Å². The zero-order valence-electron chi connectivity index (χ0n) is 5.53. The number of primary amides is 1. The molecule has 60 valence electrons. The number of hydrogen-bond donors (Lipinski definition) is 1. The average Bonchev–Trinajstić information content (AvgIpc) is 1.84. The van der Waals surface area contributed by atoms with E-state index in [-0.39, 0.29) is 6.61 Å². The minimum Gasteiger partial charge on any atom is -0.354 e. The SMILES string of the molecule is CCCOS(=O)(=O)C(N)=O. The van der Waals surface area contributed by atoms with Crippen molar-refractivity contribution in [2.24, 2.45) is 5.73 Å². The van der Waals surface area contributed by atoms with Crippen LogP contribution in [0.25, 0.3) is 0 Å². The van der Waals surface area contributed by atoms with E-state index in [9.17, 15) is 13.2 Å². The Balaban J connectivity index is 4.03. The second-order valence-electron chi connectivity index (χ2n) is 1.60. The second kappa shape index (κ2) is 3.52. The van der Waals surface area contributed by atoms with Crippen molar-refractivity contribution in [1.82, 2.24) is 0 Å². The highest BCUT2D eigenvalue weighted by Gasteiger charge is 2.17. The smallest absolute Gasteiger partial charge is 0.354 e. The van der Waals surface area contributed by atoms with Gasteiger partial charge in [-0.25, -0.2) is 0 Å². The molecule has 0 radical (unpaired) electrons. The maximum Gasteiger partial charge on any atom is 0.361 e. The third kappa shape index (κ3) is 2.79. The Kier molecular flexibility index (Phi) is 3.31. The molecule has 0 spiro atoms. The van der Waals surface area contributed by atoms with Crippen molar-refractivity contribution in [2.45, 2.75) is 13.3 Å². The molecule has 5 nitrogen and oxygen atoms in total. The fraction of sp³-hybridized carbons (Fsp3) is 0.750. The van der Waals surface area contributed by atoms with Crippen molar-refractivity contribution < 1.29 is 17.4 Å². The first kappa shape index (κ1) is 9.38. The standard InChI is InChI=1S/C4H9NO4S/c1-2-3-9-10(7,8)4(5)6/h2-3H2,1H3,(H2,5,6). The number of amides is 1. The Morgan fingerprint density at radius 3 is 2.40 bits per heavy atom. The summed E-state index contributed by atoms with van der Waals surface area (Å²) in [7, 11) is -4.12. The lowest BCUT2D eigenvalue weighted by molar-refractivity contribution is 0.256. The van der Waals surface area contributed by atoms with Crippen LogP contribution in [-0.2, 0) is 14.3 Å². The van der Waals surface area contributed by atoms with Gasteiger partial charge >= 0.3 is 15.4 Å². The van der Waals surface area contributed by atoms with Gasteiger partial charge in [0.15, 0.2) is 0 Å². The molecule has 10 heavy (non-hydrogen) atoms. The van der Waals surface area contributed by atoms with Crippen LogP contribution >= 0.6 is 0 Å². The summed E-state index contributed by atoms with van der Waals surface area (Å²) >= 11 is 0. The number of carbonyl (C=O) groups is 1. The molecule has 0 aromatic rings. The molecule has 0 saturated heterocycles. The van der Waals surface area contributed by atoms with Crippen molar-refractivity contribution in [3.8, 4) is 0 Å². The molecule has 0 fully saturated rings. The van der Waals surface area contributed by atoms with E-state index in [0.717, 1.165) is 0 Å². The fourth-order valence-corrected chi connectivity index (χ4v) is 0.753. The molecule has 0 rings (SSSR count). The predicted octanol–water partition coefficient (Wildman–Crippen LogP) is -0.178. The number of nitrogens with two attached hydrogens (primary N) is 1. The van der Waals surface area contributed by atoms with Crippen LogP contribution in [0, 0.1) is 0 Å². The Bertz CT molecular complexity index is 207. The van der Waals surface area contributed by atoms with Crippen LogP contribution in [0.2, 0.25) is 0 Å². The van der Waals surface area contributed by atoms with Crippen molar-refractivity contribution in [1.29, 1.82) is 0 Å². The Morgan fingerprint density at radius 1 is 1.60 bits per heavy atom. The Hall–Kier alpha value is -0.620. The van der Waals surface area contributed by atoms with E-state index in [4.69, 9.17) is 0 Å². The van der Waals surface area contributed by atoms with Gasteiger partial charge in [-0.1, -0.05) is 6.92 Å². The quantitative estimate of drug-likeness (QED) is 0.591. The molecular formula is C4H9NO4S. The largest absolute Gasteiger partial charge is 0.361 e. The second-order valence-corrected chi connectivity index (χ2v) is 3.14. The molecule has 0 atom stereocenters. The van der Waals surface area contributed by atoms with Gasteiger partial charge in [-0.15, -0.1) is 0 Å². The highest BCUT2D eigenvalue weighted by Crippen LogP contribution is 1.93. The lowest BCUT2D eigenvalue weighted by Gasteiger charge is -1.97. The summed E-state index contributed by atoms with van der Waals surface area (Å²) in [4.78, 5) is 10.0. The van der Waals surface area contributed by atoms with Gasteiger partial charge < -0.3 is 5.73 Å². The molecule has 0 aliphatic rings. The predicted molar refractivity (Wildman–Crippen MR) is 34.7 cm³/mol. The average molecular weight is 167 g/mol. The molecule has 0 heterocycles. The highest BCUT2D eigenvalue weighted by molar-refractivity contribution is 8.01. The van der Waals surface area contributed by atoms with Gasteiger partial charge in [-0.05, 0) is 6.42 Å². The van der Waals surface area contributed by atoms with Crippen LogP contribution in [0.4, 0.5) is 4.79 Å². The monoisotopic (exact) mass is 167 g/mol. The lowest BCUT2D eigenvalue weighted by Crippen LogP contribution is -2.24. The summed E-state index contributed by atoms with van der Waals surface area (Å²) < 4.78 is 24.9. The topological polar surface area (TPSA) is 86.5 Å². The fourth-order valence-electron chi connectivity index (χ4n) is 0.251. The molecule has 2 N–H and O–H groups in total. The van der Waals surface area contributed by atoms with Crippen LogP contribution in [-0.4, -0.2) is 20.3 Å². The third-order valence-corrected chi connectivity index (χ3v) is 1.66. The molecule has 0 saturated carbocycles. The maximum atomic E-state index is 10.4. The number of carbonyl (C=O) groups excluding carboxylic acids is 1. The summed E-state index contributed by atoms with van der Waals surface area (Å²) in [6.07, 6.45) is 0.520. The van der Waals surface area contributed by atoms with Gasteiger partial charge in [-0.2, -0.15) is 8.42 Å². The Morgan fingerprint density at radius 2 is 2.10 bits per heavy atom. The van der Waals surface area contributed by atoms with Gasteiger partial charge in [0.2, 0.25) is 0 Å². The summed E-state index contributed by atoms with van der Waals surface area (Å²) in [5.41, 5.74) is 4.46. The van der Waals surface area contributed by atoms with Crippen LogP contribution in [0.3, 0.4) is 0 Å². The lowest BCUT2D eigenvalue weighted by atomic mass is 10.5. The minimum atomic E-state index is -4.12. The van der Waals surface area contributed by atoms with E-state index in [1.54, 1.807) is 6.92 Å². The van der Waals surface area contributed by atoms with Crippen molar-refractivity contribution >= 4 is 15.4 Å². The van der Waals surface area contributed by atoms with Gasteiger partial charge in [0.05, 0.1) is 6.61 Å². The number of hydrogen-bond acceptors (Lipinski definition) is 4. The molecule has 1 amide bonds. The molecule has 0 aliphatic carbocycles. The highest BCUT2D eigenvalue weighted by atomic mass is 32.2. The van der Waals surface area contributed by atoms with Gasteiger partial charge in [0.1, 0.15) is 0 Å². The van der Waals surface area contributed by atoms with Crippen LogP contribution in [0.5, 0.6) is 0 Å². The summed E-state index contributed by atoms with van der Waals surface area (Å²) in [5, 5.41) is -1.44. The van der Waals surface area contributed by atoms with Gasteiger partial charge in [-0.3, -0.25) is 8.98 Å². The summed E-state index contributed by atoms with van der Waals surface area (Å²) in [5.74, 6) is 0. The summed E-state index contributed by atoms with van der Waals surface area (Å²) in [6, 6.07) is 0. The molecule has 0 bridgehead atoms. The number of rotatable bonds is 3. The van der Waals surface area contributed by atoms with Crippen LogP contribution in [0.1, 0.15) is 13.3 Å². The zero-order valence-corrected chi connectivity index (χ0v) is 6.35. The van der Waals surface area contributed by atoms with Gasteiger partial charge in [0.25, 0.3) is 0 Å². The zero-order chi connectivity index (χ0) is 8.20. The third-order valence-electron chi connectivity index (χ3n) is 0.689. The molecular weight excluding hydrogens is 158 g/mol. The maximum absolute atomic E-state index is 10.4. The van der Waals surface area contributed by atoms with E-state index in [1.165, 1.54) is 0 Å². The normalized spacial score (nSPS) is 11.3. The molecule has 0 aliphatic heterocycles. The van der Waals surface area contributed by atoms with E-state index < -0.39 is 15.4 Å². The minimum absolute atomic E-state index is 0.00866. The Labute approximate surface area is 59.3 Å². The van der Waals surface area contributed by atoms with E-state index in [1.807, 2.05) is 0 Å². The van der Waals surface area contributed by atoms with Crippen molar-refractivity contribution in [3.63, 3.8) is 0 Å². The molecule has 0 aromatic heterocycles. The molecule has 6 heteroatoms. The van der Waals surface area contributed by atoms with Crippen LogP contribution < -0.4 is 5.73 Å². The van der Waals surface area contributed by atoms with Gasteiger partial charge in [0, 0.05) is 0 Å². The molecule has 0 aromatic carbocycles. The van der Waals surface area contributed by atoms with E-state index >= 15 is 0 Å². The van der Waals surface area contributed by atoms with E-state index in [2.05, 4.69) is 9.92 Å². The first-order valence-corrected chi connectivity index (χ1v) is 4.10. The van der Waals surface area contributed by atoms with Crippen LogP contribution in [0.15, 0.2) is 0 Å². The van der Waals surface area contributed by atoms with E-state index in [0.29, 0.717) is 6.42 Å².